The molecule has 0 aromatic heterocycles. The summed E-state index contributed by atoms with van der Waals surface area (Å²) in [5.74, 6) is 0. The van der Waals surface area contributed by atoms with Gasteiger partial charge in [0, 0.05) is 0 Å². The Bertz CT molecular complexity index is 84.1. The molecule has 0 unspecified atom stereocenters. The number of diazo groups is 1. The first-order chi connectivity index (χ1) is 3.06. The quantitative estimate of drug-likeness (QED) is 0.366. The highest BCUT2D eigenvalue weighted by molar-refractivity contribution is 4.69. The van der Waals surface area contributed by atoms with Crippen molar-refractivity contribution in [2.75, 3.05) is 0 Å². The minimum Gasteiger partial charge on any atom is -0.0391 e. The van der Waals surface area contributed by atoms with E-state index < -0.39 is 0 Å². The lowest BCUT2D eigenvalue weighted by molar-refractivity contribution is 0.484. The van der Waals surface area contributed by atoms with Crippen molar-refractivity contribution in [3.63, 3.8) is 0 Å². The molecule has 0 fully saturated rings. The van der Waals surface area contributed by atoms with Crippen LogP contribution in [0.3, 0.4) is 0 Å². The standard InChI is InChI=1S/C4H10N3/c1-4(2,3)6-7-5/h6H,1-3H3/q+1. The van der Waals surface area contributed by atoms with Crippen LogP contribution < -0.4 is 5.43 Å². The van der Waals surface area contributed by atoms with Gasteiger partial charge in [0.25, 0.3) is 5.39 Å². The monoisotopic (exact) mass is 100 g/mol. The van der Waals surface area contributed by atoms with Gasteiger partial charge < -0.3 is 0 Å². The summed E-state index contributed by atoms with van der Waals surface area (Å²) in [7, 11) is 0. The summed E-state index contributed by atoms with van der Waals surface area (Å²) >= 11 is 0. The Morgan fingerprint density at radius 2 is 1.86 bits per heavy atom. The van der Waals surface area contributed by atoms with Crippen molar-refractivity contribution < 1.29 is 0 Å². The number of hydrogen-bond acceptors (Lipinski definition) is 2. The van der Waals surface area contributed by atoms with Crippen molar-refractivity contribution in [2.24, 2.45) is 0 Å². The zero-order valence-corrected chi connectivity index (χ0v) is 4.89. The van der Waals surface area contributed by atoms with Crippen LogP contribution in [-0.2, 0) is 0 Å². The highest BCUT2D eigenvalue weighted by Gasteiger charge is 2.13. The van der Waals surface area contributed by atoms with Gasteiger partial charge in [-0.3, -0.25) is 0 Å². The van der Waals surface area contributed by atoms with Crippen LogP contribution in [0.25, 0.3) is 5.08 Å². The second-order valence-corrected chi connectivity index (χ2v) is 2.46. The molecule has 0 rings (SSSR count). The number of rotatable bonds is 0. The molecule has 0 aromatic rings. The van der Waals surface area contributed by atoms with Gasteiger partial charge in [0.1, 0.15) is 5.54 Å². The van der Waals surface area contributed by atoms with E-state index in [1.165, 1.54) is 0 Å². The molecule has 1 N–H and O–H groups in total. The van der Waals surface area contributed by atoms with Gasteiger partial charge in [-0.1, -0.05) is 0 Å². The molecule has 0 aromatic carbocycles. The third-order valence-electron chi connectivity index (χ3n) is 0.385. The number of nitrogens with zero attached hydrogens (tertiary/aromatic N) is 2. The summed E-state index contributed by atoms with van der Waals surface area (Å²) < 4.78 is 0. The predicted octanol–water partition coefficient (Wildman–Crippen LogP) is 1.14. The normalized spacial score (nSPS) is 10.0. The van der Waals surface area contributed by atoms with E-state index >= 15 is 0 Å². The maximum absolute atomic E-state index is 7.92. The largest absolute Gasteiger partial charge is 0.303 e. The predicted molar refractivity (Wildman–Crippen MR) is 28.0 cm³/mol. The lowest BCUT2D eigenvalue weighted by atomic mass is 10.1. The van der Waals surface area contributed by atoms with Crippen molar-refractivity contribution in [3.05, 3.63) is 5.08 Å². The van der Waals surface area contributed by atoms with Crippen LogP contribution in [0.4, 0.5) is 0 Å². The molecule has 0 saturated carbocycles. The fraction of sp³-hybridized carbons (Fsp3) is 1.00. The van der Waals surface area contributed by atoms with Crippen molar-refractivity contribution in [2.45, 2.75) is 26.3 Å². The van der Waals surface area contributed by atoms with Crippen LogP contribution >= 0.6 is 0 Å². The minimum atomic E-state index is -0.116. The van der Waals surface area contributed by atoms with E-state index in [1.807, 2.05) is 20.8 Å². The van der Waals surface area contributed by atoms with Crippen molar-refractivity contribution in [1.82, 2.24) is 5.43 Å². The van der Waals surface area contributed by atoms with Crippen LogP contribution in [-0.4, -0.2) is 5.54 Å². The molecule has 3 heteroatoms. The van der Waals surface area contributed by atoms with Crippen molar-refractivity contribution in [3.8, 4) is 0 Å². The Morgan fingerprint density at radius 3 is 1.86 bits per heavy atom. The summed E-state index contributed by atoms with van der Waals surface area (Å²) in [5.41, 5.74) is 2.35. The highest BCUT2D eigenvalue weighted by atomic mass is 15.3. The molecule has 0 radical (unpaired) electrons. The molecule has 0 heterocycles. The maximum Gasteiger partial charge on any atom is 0.303 e. The van der Waals surface area contributed by atoms with Crippen LogP contribution in [0.1, 0.15) is 20.8 Å². The Kier molecular flexibility index (Phi) is 1.58. The third-order valence-corrected chi connectivity index (χ3v) is 0.385. The SMILES string of the molecule is CC(C)(C)N[N+]#N. The second kappa shape index (κ2) is 1.78. The molecule has 0 spiro atoms. The first kappa shape index (κ1) is 6.22. The Balaban J connectivity index is 3.40. The summed E-state index contributed by atoms with van der Waals surface area (Å²) in [5, 5.41) is 10.7. The van der Waals surface area contributed by atoms with Crippen molar-refractivity contribution >= 4 is 0 Å². The zero-order valence-electron chi connectivity index (χ0n) is 4.89. The summed E-state index contributed by atoms with van der Waals surface area (Å²) in [6, 6.07) is 0. The van der Waals surface area contributed by atoms with Crippen LogP contribution in [0.5, 0.6) is 0 Å². The van der Waals surface area contributed by atoms with Gasteiger partial charge in [-0.15, -0.1) is 0 Å². The lowest BCUT2D eigenvalue weighted by Gasteiger charge is -2.04. The Hall–Kier alpha value is -0.780. The molecular weight excluding hydrogens is 90.1 g/mol. The zero-order chi connectivity index (χ0) is 5.91. The minimum absolute atomic E-state index is 0.116. The van der Waals surface area contributed by atoms with E-state index in [-0.39, 0.29) is 5.54 Å². The Labute approximate surface area is 43.3 Å². The van der Waals surface area contributed by atoms with E-state index in [4.69, 9.17) is 5.39 Å². The molecule has 0 aliphatic carbocycles. The van der Waals surface area contributed by atoms with E-state index in [0.29, 0.717) is 0 Å². The van der Waals surface area contributed by atoms with Gasteiger partial charge in [0.2, 0.25) is 0 Å². The molecule has 0 saturated heterocycles. The number of nitrogens with one attached hydrogen (secondary N) is 1. The van der Waals surface area contributed by atoms with Gasteiger partial charge in [-0.25, -0.2) is 0 Å². The molecule has 0 aliphatic rings. The summed E-state index contributed by atoms with van der Waals surface area (Å²) in [4.78, 5) is 0. The summed E-state index contributed by atoms with van der Waals surface area (Å²) in [6.45, 7) is 5.73. The molecule has 3 nitrogen and oxygen atoms in total. The lowest BCUT2D eigenvalue weighted by Crippen LogP contribution is -2.29. The average molecular weight is 100 g/mol. The third kappa shape index (κ3) is 5.22. The van der Waals surface area contributed by atoms with Gasteiger partial charge >= 0.3 is 5.08 Å². The van der Waals surface area contributed by atoms with Crippen LogP contribution in [0.15, 0.2) is 0 Å². The molecule has 40 valence electrons. The Morgan fingerprint density at radius 1 is 1.43 bits per heavy atom. The van der Waals surface area contributed by atoms with Gasteiger partial charge in [-0.05, 0) is 26.2 Å². The van der Waals surface area contributed by atoms with Gasteiger partial charge in [0.15, 0.2) is 0 Å². The molecule has 0 bridgehead atoms. The number of hydrogen-bond donors (Lipinski definition) is 1. The first-order valence-electron chi connectivity index (χ1n) is 2.17. The van der Waals surface area contributed by atoms with Gasteiger partial charge in [0.05, 0.1) is 0 Å². The molecule has 0 aliphatic heterocycles. The van der Waals surface area contributed by atoms with Crippen molar-refractivity contribution in [1.29, 1.82) is 5.39 Å². The molecule has 0 amide bonds. The van der Waals surface area contributed by atoms with Gasteiger partial charge in [-0.2, -0.15) is 0 Å². The topological polar surface area (TPSA) is 40.2 Å². The maximum atomic E-state index is 7.92. The van der Waals surface area contributed by atoms with E-state index in [2.05, 4.69) is 10.5 Å². The molecule has 0 atom stereocenters. The fourth-order valence-electron chi connectivity index (χ4n) is 0.150. The summed E-state index contributed by atoms with van der Waals surface area (Å²) in [6.07, 6.45) is 0. The van der Waals surface area contributed by atoms with E-state index in [9.17, 15) is 0 Å². The smallest absolute Gasteiger partial charge is 0.0391 e. The molecular formula is C4H10N3+. The van der Waals surface area contributed by atoms with E-state index in [0.717, 1.165) is 0 Å². The van der Waals surface area contributed by atoms with Crippen LogP contribution in [0, 0.1) is 5.39 Å². The molecule has 7 heavy (non-hydrogen) atoms. The van der Waals surface area contributed by atoms with Crippen LogP contribution in [0.2, 0.25) is 0 Å². The van der Waals surface area contributed by atoms with E-state index in [1.54, 1.807) is 0 Å². The first-order valence-corrected chi connectivity index (χ1v) is 2.17. The fourth-order valence-corrected chi connectivity index (χ4v) is 0.150. The highest BCUT2D eigenvalue weighted by Crippen LogP contribution is 1.96. The average Bonchev–Trinajstić information content (AvgIpc) is 1.30. The second-order valence-electron chi connectivity index (χ2n) is 2.46.